The van der Waals surface area contributed by atoms with Gasteiger partial charge in [0.25, 0.3) is 0 Å². The number of nitrogens with zero attached hydrogens (tertiary/aromatic N) is 4. The summed E-state index contributed by atoms with van der Waals surface area (Å²) in [4.78, 5) is 14.5. The molecular formula is C20H19ClF3N5O2S. The first-order valence-electron chi connectivity index (χ1n) is 9.81. The van der Waals surface area contributed by atoms with Crippen molar-refractivity contribution >= 4 is 40.9 Å². The average molecular weight is 486 g/mol. The van der Waals surface area contributed by atoms with Crippen molar-refractivity contribution in [1.82, 2.24) is 14.8 Å². The second kappa shape index (κ2) is 9.45. The molecule has 1 aliphatic heterocycles. The topological polar surface area (TPSA) is 76.2 Å². The molecule has 12 heteroatoms. The van der Waals surface area contributed by atoms with Gasteiger partial charge in [-0.2, -0.15) is 13.2 Å². The van der Waals surface area contributed by atoms with Crippen LogP contribution in [0.2, 0.25) is 5.02 Å². The Bertz CT molecular complexity index is 1080. The van der Waals surface area contributed by atoms with E-state index in [0.717, 1.165) is 49.8 Å². The molecule has 0 bridgehead atoms. The molecule has 1 N–H and O–H groups in total. The number of benzene rings is 1. The summed E-state index contributed by atoms with van der Waals surface area (Å²) in [6.07, 6.45) is -0.962. The van der Waals surface area contributed by atoms with Crippen molar-refractivity contribution in [3.05, 3.63) is 52.9 Å². The Labute approximate surface area is 190 Å². The maximum Gasteiger partial charge on any atom is 0.418 e. The molecule has 0 radical (unpaired) electrons. The molecular weight excluding hydrogens is 467 g/mol. The monoisotopic (exact) mass is 485 g/mol. The van der Waals surface area contributed by atoms with Crippen LogP contribution in [0.3, 0.4) is 0 Å². The number of anilines is 2. The van der Waals surface area contributed by atoms with Crippen molar-refractivity contribution in [3.63, 3.8) is 0 Å². The molecule has 1 amide bonds. The van der Waals surface area contributed by atoms with Crippen LogP contribution in [0.15, 0.2) is 46.2 Å². The summed E-state index contributed by atoms with van der Waals surface area (Å²) in [6.45, 7) is 2.10. The van der Waals surface area contributed by atoms with Crippen LogP contribution in [0.1, 0.15) is 24.2 Å². The van der Waals surface area contributed by atoms with Crippen LogP contribution in [-0.4, -0.2) is 39.5 Å². The van der Waals surface area contributed by atoms with Crippen molar-refractivity contribution in [3.8, 4) is 0 Å². The van der Waals surface area contributed by atoms with E-state index in [4.69, 9.17) is 16.0 Å². The molecule has 170 valence electrons. The van der Waals surface area contributed by atoms with Gasteiger partial charge in [0, 0.05) is 18.1 Å². The predicted octanol–water partition coefficient (Wildman–Crippen LogP) is 4.92. The van der Waals surface area contributed by atoms with Crippen molar-refractivity contribution in [1.29, 1.82) is 0 Å². The van der Waals surface area contributed by atoms with Gasteiger partial charge in [-0.15, -0.1) is 10.2 Å². The molecule has 0 spiro atoms. The van der Waals surface area contributed by atoms with Crippen LogP contribution >= 0.6 is 23.4 Å². The van der Waals surface area contributed by atoms with E-state index in [1.165, 1.54) is 6.07 Å². The van der Waals surface area contributed by atoms with Gasteiger partial charge in [-0.3, -0.25) is 9.36 Å². The fourth-order valence-electron chi connectivity index (χ4n) is 3.41. The molecule has 0 saturated carbocycles. The zero-order valence-corrected chi connectivity index (χ0v) is 18.3. The second-order valence-corrected chi connectivity index (χ2v) is 8.55. The van der Waals surface area contributed by atoms with Gasteiger partial charge in [0.2, 0.25) is 11.9 Å². The minimum atomic E-state index is -4.64. The number of amides is 1. The molecule has 1 aliphatic rings. The number of alkyl halides is 3. The lowest BCUT2D eigenvalue weighted by molar-refractivity contribution is -0.137. The van der Waals surface area contributed by atoms with Gasteiger partial charge < -0.3 is 14.6 Å². The summed E-state index contributed by atoms with van der Waals surface area (Å²) in [5, 5.41) is 11.2. The van der Waals surface area contributed by atoms with Crippen molar-refractivity contribution in [2.24, 2.45) is 0 Å². The zero-order valence-electron chi connectivity index (χ0n) is 16.7. The Morgan fingerprint density at radius 3 is 2.69 bits per heavy atom. The third-order valence-electron chi connectivity index (χ3n) is 4.87. The molecule has 32 heavy (non-hydrogen) atoms. The van der Waals surface area contributed by atoms with Crippen molar-refractivity contribution in [2.75, 3.05) is 29.1 Å². The first kappa shape index (κ1) is 22.5. The van der Waals surface area contributed by atoms with Gasteiger partial charge in [0.05, 0.1) is 29.8 Å². The first-order chi connectivity index (χ1) is 15.3. The summed E-state index contributed by atoms with van der Waals surface area (Å²) >= 11 is 6.78. The zero-order chi connectivity index (χ0) is 22.7. The Morgan fingerprint density at radius 1 is 1.22 bits per heavy atom. The Morgan fingerprint density at radius 2 is 2.00 bits per heavy atom. The quantitative estimate of drug-likeness (QED) is 0.479. The molecule has 2 aromatic heterocycles. The third kappa shape index (κ3) is 5.21. The molecule has 0 unspecified atom stereocenters. The number of hydrogen-bond donors (Lipinski definition) is 1. The number of rotatable bonds is 7. The molecule has 1 aromatic carbocycles. The van der Waals surface area contributed by atoms with E-state index in [1.54, 1.807) is 12.3 Å². The van der Waals surface area contributed by atoms with E-state index in [9.17, 15) is 18.0 Å². The van der Waals surface area contributed by atoms with Crippen LogP contribution in [0.4, 0.5) is 24.8 Å². The van der Waals surface area contributed by atoms with Gasteiger partial charge >= 0.3 is 6.18 Å². The minimum Gasteiger partial charge on any atom is -0.467 e. The van der Waals surface area contributed by atoms with E-state index in [0.29, 0.717) is 23.4 Å². The highest BCUT2D eigenvalue weighted by atomic mass is 35.5. The number of thioether (sulfide) groups is 1. The Kier molecular flexibility index (Phi) is 6.66. The number of furan rings is 1. The summed E-state index contributed by atoms with van der Waals surface area (Å²) in [5.41, 5.74) is -1.34. The van der Waals surface area contributed by atoms with Crippen LogP contribution < -0.4 is 10.2 Å². The average Bonchev–Trinajstić information content (AvgIpc) is 3.49. The molecule has 7 nitrogen and oxygen atoms in total. The SMILES string of the molecule is O=C(CSc1nnc(N2CCCC2)n1Cc1ccco1)Nc1ccc(Cl)cc1C(F)(F)F. The molecule has 1 fully saturated rings. The summed E-state index contributed by atoms with van der Waals surface area (Å²) < 4.78 is 47.1. The standard InChI is InChI=1S/C20H19ClF3N5O2S/c21-13-5-6-16(15(10-13)20(22,23)24)25-17(30)12-32-19-27-26-18(28-7-1-2-8-28)29(19)11-14-4-3-9-31-14/h3-6,9-10H,1-2,7-8,11-12H2,(H,25,30). The number of carbonyl (C=O) groups excluding carboxylic acids is 1. The summed E-state index contributed by atoms with van der Waals surface area (Å²) in [6, 6.07) is 6.82. The highest BCUT2D eigenvalue weighted by molar-refractivity contribution is 7.99. The summed E-state index contributed by atoms with van der Waals surface area (Å²) in [5.74, 6) is 0.639. The fraction of sp³-hybridized carbons (Fsp3) is 0.350. The van der Waals surface area contributed by atoms with Crippen LogP contribution in [0.5, 0.6) is 0 Å². The number of halogens is 4. The Balaban J connectivity index is 1.48. The molecule has 3 aromatic rings. The van der Waals surface area contributed by atoms with E-state index < -0.39 is 17.6 Å². The smallest absolute Gasteiger partial charge is 0.418 e. The third-order valence-corrected chi connectivity index (χ3v) is 6.08. The van der Waals surface area contributed by atoms with E-state index >= 15 is 0 Å². The van der Waals surface area contributed by atoms with E-state index in [2.05, 4.69) is 20.4 Å². The van der Waals surface area contributed by atoms with Gasteiger partial charge in [-0.05, 0) is 43.2 Å². The number of aromatic nitrogens is 3. The maximum absolute atomic E-state index is 13.3. The largest absolute Gasteiger partial charge is 0.467 e. The van der Waals surface area contributed by atoms with Crippen LogP contribution in [-0.2, 0) is 17.5 Å². The lowest BCUT2D eigenvalue weighted by Gasteiger charge is -2.17. The van der Waals surface area contributed by atoms with Crippen molar-refractivity contribution < 1.29 is 22.4 Å². The molecule has 1 saturated heterocycles. The predicted molar refractivity (Wildman–Crippen MR) is 115 cm³/mol. The van der Waals surface area contributed by atoms with Gasteiger partial charge in [-0.1, -0.05) is 23.4 Å². The van der Waals surface area contributed by atoms with E-state index in [1.807, 2.05) is 10.6 Å². The molecule has 3 heterocycles. The molecule has 0 aliphatic carbocycles. The van der Waals surface area contributed by atoms with Crippen molar-refractivity contribution in [2.45, 2.75) is 30.7 Å². The minimum absolute atomic E-state index is 0.0647. The Hall–Kier alpha value is -2.66. The lowest BCUT2D eigenvalue weighted by atomic mass is 10.1. The number of nitrogens with one attached hydrogen (secondary N) is 1. The lowest BCUT2D eigenvalue weighted by Crippen LogP contribution is -2.23. The van der Waals surface area contributed by atoms with Gasteiger partial charge in [0.1, 0.15) is 5.76 Å². The first-order valence-corrected chi connectivity index (χ1v) is 11.2. The van der Waals surface area contributed by atoms with Gasteiger partial charge in [-0.25, -0.2) is 0 Å². The molecule has 0 atom stereocenters. The molecule has 4 rings (SSSR count). The number of carbonyl (C=O) groups is 1. The highest BCUT2D eigenvalue weighted by Gasteiger charge is 2.34. The number of hydrogen-bond acceptors (Lipinski definition) is 6. The maximum atomic E-state index is 13.3. The van der Waals surface area contributed by atoms with Crippen LogP contribution in [0.25, 0.3) is 0 Å². The second-order valence-electron chi connectivity index (χ2n) is 7.17. The van der Waals surface area contributed by atoms with Crippen LogP contribution in [0, 0.1) is 0 Å². The summed E-state index contributed by atoms with van der Waals surface area (Å²) in [7, 11) is 0. The fourth-order valence-corrected chi connectivity index (χ4v) is 4.32. The normalized spacial score (nSPS) is 14.2. The van der Waals surface area contributed by atoms with E-state index in [-0.39, 0.29) is 16.5 Å². The highest BCUT2D eigenvalue weighted by Crippen LogP contribution is 2.36. The van der Waals surface area contributed by atoms with Gasteiger partial charge in [0.15, 0.2) is 5.16 Å².